The van der Waals surface area contributed by atoms with E-state index in [0.717, 1.165) is 0 Å². The molecule has 1 aliphatic rings. The Bertz CT molecular complexity index is 192. The van der Waals surface area contributed by atoms with Crippen LogP contribution in [0.2, 0.25) is 0 Å². The lowest BCUT2D eigenvalue weighted by Crippen LogP contribution is -2.44. The highest BCUT2D eigenvalue weighted by Gasteiger charge is 2.30. The summed E-state index contributed by atoms with van der Waals surface area (Å²) in [5.74, 6) is 0. The first kappa shape index (κ1) is 13.9. The molecule has 0 saturated carbocycles. The zero-order valence-corrected chi connectivity index (χ0v) is 11.2. The molecule has 1 saturated heterocycles. The fourth-order valence-electron chi connectivity index (χ4n) is 1.42. The van der Waals surface area contributed by atoms with E-state index in [1.54, 1.807) is 0 Å². The molecule has 0 aromatic heterocycles. The van der Waals surface area contributed by atoms with E-state index in [-0.39, 0.29) is 23.8 Å². The Morgan fingerprint density at radius 1 is 0.812 bits per heavy atom. The molecule has 0 aromatic carbocycles. The molecule has 96 valence electrons. The summed E-state index contributed by atoms with van der Waals surface area (Å²) in [6.45, 7) is 12.9. The second-order valence-corrected chi connectivity index (χ2v) is 5.99. The van der Waals surface area contributed by atoms with E-state index in [9.17, 15) is 0 Å². The van der Waals surface area contributed by atoms with Gasteiger partial charge < -0.3 is 18.9 Å². The van der Waals surface area contributed by atoms with Gasteiger partial charge >= 0.3 is 0 Å². The third-order valence-corrected chi connectivity index (χ3v) is 1.78. The lowest BCUT2D eigenvalue weighted by atomic mass is 10.2. The minimum atomic E-state index is -0.346. The third kappa shape index (κ3) is 5.80. The number of ether oxygens (including phenoxy) is 4. The van der Waals surface area contributed by atoms with Gasteiger partial charge in [-0.1, -0.05) is 0 Å². The molecule has 0 aromatic rings. The zero-order chi connectivity index (χ0) is 12.4. The van der Waals surface area contributed by atoms with E-state index in [0.29, 0.717) is 13.2 Å². The number of rotatable bonds is 2. The summed E-state index contributed by atoms with van der Waals surface area (Å²) in [7, 11) is 0. The lowest BCUT2D eigenvalue weighted by Gasteiger charge is -2.36. The molecule has 0 N–H and O–H groups in total. The summed E-state index contributed by atoms with van der Waals surface area (Å²) >= 11 is 0. The quantitative estimate of drug-likeness (QED) is 0.732. The van der Waals surface area contributed by atoms with Gasteiger partial charge in [0.25, 0.3) is 0 Å². The first-order valence-corrected chi connectivity index (χ1v) is 5.74. The molecular weight excluding hydrogens is 208 g/mol. The molecule has 0 bridgehead atoms. The van der Waals surface area contributed by atoms with Crippen LogP contribution in [0.5, 0.6) is 0 Å². The van der Waals surface area contributed by atoms with Gasteiger partial charge in [-0.2, -0.15) is 0 Å². The molecule has 1 fully saturated rings. The Balaban J connectivity index is 2.41. The van der Waals surface area contributed by atoms with Crippen LogP contribution in [0.15, 0.2) is 0 Å². The van der Waals surface area contributed by atoms with Gasteiger partial charge in [-0.3, -0.25) is 0 Å². The monoisotopic (exact) mass is 232 g/mol. The topological polar surface area (TPSA) is 36.9 Å². The maximum atomic E-state index is 5.70. The van der Waals surface area contributed by atoms with E-state index in [2.05, 4.69) is 0 Å². The Morgan fingerprint density at radius 2 is 1.19 bits per heavy atom. The van der Waals surface area contributed by atoms with Crippen molar-refractivity contribution in [1.29, 1.82) is 0 Å². The predicted molar refractivity (Wildman–Crippen MR) is 61.2 cm³/mol. The predicted octanol–water partition coefficient (Wildman–Crippen LogP) is 2.32. The lowest BCUT2D eigenvalue weighted by molar-refractivity contribution is -0.339. The van der Waals surface area contributed by atoms with Gasteiger partial charge in [0.2, 0.25) is 0 Å². The van der Waals surface area contributed by atoms with E-state index < -0.39 is 0 Å². The number of hydrogen-bond acceptors (Lipinski definition) is 4. The molecule has 1 heterocycles. The SMILES string of the molecule is CC(C)(C)OC1COCC(OC(C)(C)C)O1. The van der Waals surface area contributed by atoms with Crippen LogP contribution in [0.3, 0.4) is 0 Å². The molecule has 4 heteroatoms. The minimum absolute atomic E-state index is 0.238. The van der Waals surface area contributed by atoms with Crippen molar-refractivity contribution in [1.82, 2.24) is 0 Å². The van der Waals surface area contributed by atoms with Gasteiger partial charge in [-0.05, 0) is 41.5 Å². The van der Waals surface area contributed by atoms with Crippen LogP contribution in [0, 0.1) is 0 Å². The first-order valence-electron chi connectivity index (χ1n) is 5.74. The van der Waals surface area contributed by atoms with Gasteiger partial charge in [0.05, 0.1) is 24.4 Å². The summed E-state index contributed by atoms with van der Waals surface area (Å²) in [5.41, 5.74) is -0.477. The summed E-state index contributed by atoms with van der Waals surface area (Å²) < 4.78 is 22.5. The van der Waals surface area contributed by atoms with Gasteiger partial charge in [0, 0.05) is 0 Å². The summed E-state index contributed by atoms with van der Waals surface area (Å²) in [5, 5.41) is 0. The van der Waals surface area contributed by atoms with Crippen molar-refractivity contribution >= 4 is 0 Å². The summed E-state index contributed by atoms with van der Waals surface area (Å²) in [6.07, 6.45) is -0.692. The normalized spacial score (nSPS) is 28.1. The van der Waals surface area contributed by atoms with Crippen LogP contribution in [-0.4, -0.2) is 37.0 Å². The molecule has 0 spiro atoms. The second kappa shape index (κ2) is 5.00. The van der Waals surface area contributed by atoms with Gasteiger partial charge in [0.1, 0.15) is 0 Å². The highest BCUT2D eigenvalue weighted by atomic mass is 16.8. The van der Waals surface area contributed by atoms with Crippen LogP contribution in [0.4, 0.5) is 0 Å². The number of hydrogen-bond donors (Lipinski definition) is 0. The van der Waals surface area contributed by atoms with E-state index in [4.69, 9.17) is 18.9 Å². The molecule has 1 aliphatic heterocycles. The largest absolute Gasteiger partial charge is 0.371 e. The Kier molecular flexibility index (Phi) is 4.35. The molecule has 4 nitrogen and oxygen atoms in total. The molecule has 2 atom stereocenters. The maximum Gasteiger partial charge on any atom is 0.184 e. The van der Waals surface area contributed by atoms with Gasteiger partial charge in [-0.15, -0.1) is 0 Å². The van der Waals surface area contributed by atoms with Gasteiger partial charge in [0.15, 0.2) is 12.6 Å². The van der Waals surface area contributed by atoms with Crippen LogP contribution in [0.25, 0.3) is 0 Å². The molecule has 1 rings (SSSR count). The van der Waals surface area contributed by atoms with E-state index in [1.165, 1.54) is 0 Å². The van der Waals surface area contributed by atoms with E-state index >= 15 is 0 Å². The van der Waals surface area contributed by atoms with Crippen LogP contribution < -0.4 is 0 Å². The molecule has 16 heavy (non-hydrogen) atoms. The highest BCUT2D eigenvalue weighted by Crippen LogP contribution is 2.20. The first-order chi connectivity index (χ1) is 7.16. The molecule has 2 unspecified atom stereocenters. The average molecular weight is 232 g/mol. The van der Waals surface area contributed by atoms with Crippen molar-refractivity contribution in [2.45, 2.75) is 65.3 Å². The van der Waals surface area contributed by atoms with E-state index in [1.807, 2.05) is 41.5 Å². The third-order valence-electron chi connectivity index (χ3n) is 1.78. The van der Waals surface area contributed by atoms with Crippen LogP contribution in [0.1, 0.15) is 41.5 Å². The Labute approximate surface area is 98.2 Å². The smallest absolute Gasteiger partial charge is 0.184 e. The fraction of sp³-hybridized carbons (Fsp3) is 1.00. The Morgan fingerprint density at radius 3 is 1.50 bits per heavy atom. The fourth-order valence-corrected chi connectivity index (χ4v) is 1.42. The van der Waals surface area contributed by atoms with Crippen molar-refractivity contribution in [3.05, 3.63) is 0 Å². The minimum Gasteiger partial charge on any atom is -0.371 e. The van der Waals surface area contributed by atoms with Crippen LogP contribution >= 0.6 is 0 Å². The summed E-state index contributed by atoms with van der Waals surface area (Å²) in [6, 6.07) is 0. The van der Waals surface area contributed by atoms with Gasteiger partial charge in [-0.25, -0.2) is 0 Å². The van der Waals surface area contributed by atoms with Crippen LogP contribution in [-0.2, 0) is 18.9 Å². The highest BCUT2D eigenvalue weighted by molar-refractivity contribution is 4.66. The molecule has 0 radical (unpaired) electrons. The van der Waals surface area contributed by atoms with Crippen molar-refractivity contribution in [3.63, 3.8) is 0 Å². The maximum absolute atomic E-state index is 5.70. The molecule has 0 aliphatic carbocycles. The molecule has 0 amide bonds. The Hall–Kier alpha value is -0.160. The average Bonchev–Trinajstić information content (AvgIpc) is 1.96. The second-order valence-electron chi connectivity index (χ2n) is 5.99. The zero-order valence-electron chi connectivity index (χ0n) is 11.2. The standard InChI is InChI=1S/C12H24O4/c1-11(2,3)15-9-7-13-8-10(14-9)16-12(4,5)6/h9-10H,7-8H2,1-6H3. The summed E-state index contributed by atoms with van der Waals surface area (Å²) in [4.78, 5) is 0. The molecular formula is C12H24O4. The van der Waals surface area contributed by atoms with Crippen molar-refractivity contribution in [3.8, 4) is 0 Å². The van der Waals surface area contributed by atoms with Crippen molar-refractivity contribution in [2.24, 2.45) is 0 Å². The van der Waals surface area contributed by atoms with Crippen molar-refractivity contribution < 1.29 is 18.9 Å². The van der Waals surface area contributed by atoms with Crippen molar-refractivity contribution in [2.75, 3.05) is 13.2 Å².